The monoisotopic (exact) mass is 412 g/mol. The molecule has 3 aromatic rings. The SMILES string of the molecule is Clc1ccc(COc2ccccc2CC2CC(c3ccccn3)=NO2)c(Cl)c1. The van der Waals surface area contributed by atoms with Crippen LogP contribution in [0, 0.1) is 0 Å². The van der Waals surface area contributed by atoms with Gasteiger partial charge in [-0.05, 0) is 35.9 Å². The van der Waals surface area contributed by atoms with E-state index in [2.05, 4.69) is 10.1 Å². The molecule has 1 aromatic heterocycles. The minimum Gasteiger partial charge on any atom is -0.489 e. The smallest absolute Gasteiger partial charge is 0.137 e. The van der Waals surface area contributed by atoms with Crippen LogP contribution in [0.3, 0.4) is 0 Å². The molecule has 0 fully saturated rings. The van der Waals surface area contributed by atoms with Gasteiger partial charge in [0, 0.05) is 34.6 Å². The third-order valence-electron chi connectivity index (χ3n) is 4.51. The molecule has 1 aliphatic rings. The lowest BCUT2D eigenvalue weighted by Gasteiger charge is -2.14. The Morgan fingerprint density at radius 1 is 1.00 bits per heavy atom. The predicted octanol–water partition coefficient (Wildman–Crippen LogP) is 5.70. The van der Waals surface area contributed by atoms with Crippen LogP contribution in [0.2, 0.25) is 10.0 Å². The molecule has 1 aliphatic heterocycles. The Balaban J connectivity index is 1.41. The average molecular weight is 413 g/mol. The topological polar surface area (TPSA) is 43.7 Å². The van der Waals surface area contributed by atoms with Crippen molar-refractivity contribution in [3.8, 4) is 5.75 Å². The van der Waals surface area contributed by atoms with E-state index in [1.165, 1.54) is 0 Å². The van der Waals surface area contributed by atoms with Gasteiger partial charge < -0.3 is 9.57 Å². The average Bonchev–Trinajstić information content (AvgIpc) is 3.18. The molecule has 1 atom stereocenters. The quantitative estimate of drug-likeness (QED) is 0.521. The molecule has 4 rings (SSSR count). The first-order valence-electron chi connectivity index (χ1n) is 8.98. The van der Waals surface area contributed by atoms with E-state index in [4.69, 9.17) is 32.8 Å². The van der Waals surface area contributed by atoms with Crippen molar-refractivity contribution < 1.29 is 9.57 Å². The van der Waals surface area contributed by atoms with Crippen molar-refractivity contribution in [1.82, 2.24) is 4.98 Å². The van der Waals surface area contributed by atoms with E-state index >= 15 is 0 Å². The highest BCUT2D eigenvalue weighted by molar-refractivity contribution is 6.35. The van der Waals surface area contributed by atoms with Gasteiger partial charge >= 0.3 is 0 Å². The summed E-state index contributed by atoms with van der Waals surface area (Å²) in [4.78, 5) is 9.97. The van der Waals surface area contributed by atoms with E-state index in [1.807, 2.05) is 48.5 Å². The summed E-state index contributed by atoms with van der Waals surface area (Å²) in [5.74, 6) is 0.809. The molecular weight excluding hydrogens is 395 g/mol. The molecule has 0 N–H and O–H groups in total. The Morgan fingerprint density at radius 3 is 2.68 bits per heavy atom. The van der Waals surface area contributed by atoms with Crippen LogP contribution in [0.25, 0.3) is 0 Å². The van der Waals surface area contributed by atoms with Gasteiger partial charge in [0.1, 0.15) is 24.2 Å². The number of rotatable bonds is 6. The molecule has 142 valence electrons. The number of pyridine rings is 1. The van der Waals surface area contributed by atoms with Crippen LogP contribution in [0.15, 0.2) is 72.0 Å². The lowest BCUT2D eigenvalue weighted by Crippen LogP contribution is -2.13. The maximum Gasteiger partial charge on any atom is 0.137 e. The number of hydrogen-bond donors (Lipinski definition) is 0. The van der Waals surface area contributed by atoms with E-state index < -0.39 is 0 Å². The highest BCUT2D eigenvalue weighted by Gasteiger charge is 2.24. The third-order valence-corrected chi connectivity index (χ3v) is 5.10. The molecule has 6 heteroatoms. The van der Waals surface area contributed by atoms with Gasteiger partial charge in [-0.15, -0.1) is 0 Å². The maximum atomic E-state index is 6.24. The second-order valence-corrected chi connectivity index (χ2v) is 7.36. The zero-order valence-electron chi connectivity index (χ0n) is 15.0. The van der Waals surface area contributed by atoms with Crippen LogP contribution < -0.4 is 4.74 Å². The molecule has 0 bridgehead atoms. The minimum atomic E-state index is -0.0409. The summed E-state index contributed by atoms with van der Waals surface area (Å²) in [5, 5.41) is 5.41. The Morgan fingerprint density at radius 2 is 1.86 bits per heavy atom. The van der Waals surface area contributed by atoms with Crippen LogP contribution >= 0.6 is 23.2 Å². The third kappa shape index (κ3) is 4.46. The maximum absolute atomic E-state index is 6.24. The molecule has 2 heterocycles. The van der Waals surface area contributed by atoms with Crippen molar-refractivity contribution in [2.45, 2.75) is 25.6 Å². The predicted molar refractivity (Wildman–Crippen MR) is 111 cm³/mol. The van der Waals surface area contributed by atoms with Gasteiger partial charge in [0.05, 0.1) is 5.69 Å². The fraction of sp³-hybridized carbons (Fsp3) is 0.182. The Bertz CT molecular complexity index is 993. The Hall–Kier alpha value is -2.56. The van der Waals surface area contributed by atoms with Crippen molar-refractivity contribution in [3.63, 3.8) is 0 Å². The summed E-state index contributed by atoms with van der Waals surface area (Å²) in [6.45, 7) is 0.369. The summed E-state index contributed by atoms with van der Waals surface area (Å²) in [6.07, 6.45) is 3.13. The molecule has 0 saturated heterocycles. The number of para-hydroxylation sites is 1. The Kier molecular flexibility index (Phi) is 5.79. The van der Waals surface area contributed by atoms with Crippen molar-refractivity contribution in [1.29, 1.82) is 0 Å². The molecule has 1 unspecified atom stereocenters. The molecule has 0 saturated carbocycles. The molecule has 0 spiro atoms. The normalized spacial score (nSPS) is 15.8. The summed E-state index contributed by atoms with van der Waals surface area (Å²) in [5.41, 5.74) is 3.68. The molecule has 2 aromatic carbocycles. The van der Waals surface area contributed by atoms with Crippen molar-refractivity contribution in [2.24, 2.45) is 5.16 Å². The number of hydrogen-bond acceptors (Lipinski definition) is 4. The number of aromatic nitrogens is 1. The zero-order chi connectivity index (χ0) is 19.3. The zero-order valence-corrected chi connectivity index (χ0v) is 16.5. The lowest BCUT2D eigenvalue weighted by atomic mass is 10.0. The van der Waals surface area contributed by atoms with E-state index in [0.29, 0.717) is 29.5 Å². The standard InChI is InChI=1S/C22H18Cl2N2O2/c23-17-9-8-16(19(24)12-17)14-27-22-7-2-1-5-15(22)11-18-13-21(26-28-18)20-6-3-4-10-25-20/h1-10,12,18H,11,13-14H2. The van der Waals surface area contributed by atoms with E-state index in [1.54, 1.807) is 18.3 Å². The number of nitrogens with zero attached hydrogens (tertiary/aromatic N) is 2. The van der Waals surface area contributed by atoms with Crippen LogP contribution in [0.5, 0.6) is 5.75 Å². The van der Waals surface area contributed by atoms with Crippen molar-refractivity contribution >= 4 is 28.9 Å². The second kappa shape index (κ2) is 8.63. The van der Waals surface area contributed by atoms with E-state index in [0.717, 1.165) is 28.3 Å². The van der Waals surface area contributed by atoms with E-state index in [9.17, 15) is 0 Å². The first-order chi connectivity index (χ1) is 13.7. The molecule has 4 nitrogen and oxygen atoms in total. The molecule has 0 radical (unpaired) electrons. The van der Waals surface area contributed by atoms with Gasteiger partial charge in [0.15, 0.2) is 0 Å². The van der Waals surface area contributed by atoms with Gasteiger partial charge in [-0.2, -0.15) is 0 Å². The van der Waals surface area contributed by atoms with Gasteiger partial charge in [-0.3, -0.25) is 4.98 Å². The summed E-state index contributed by atoms with van der Waals surface area (Å²) < 4.78 is 6.03. The van der Waals surface area contributed by atoms with Crippen LogP contribution in [0.1, 0.15) is 23.2 Å². The fourth-order valence-corrected chi connectivity index (χ4v) is 3.54. The molecule has 28 heavy (non-hydrogen) atoms. The van der Waals surface area contributed by atoms with Crippen LogP contribution in [0.4, 0.5) is 0 Å². The van der Waals surface area contributed by atoms with Gasteiger partial charge in [0.2, 0.25) is 0 Å². The van der Waals surface area contributed by atoms with Gasteiger partial charge in [-0.25, -0.2) is 0 Å². The summed E-state index contributed by atoms with van der Waals surface area (Å²) >= 11 is 12.2. The largest absolute Gasteiger partial charge is 0.489 e. The van der Waals surface area contributed by atoms with E-state index in [-0.39, 0.29) is 6.10 Å². The minimum absolute atomic E-state index is 0.0409. The fourth-order valence-electron chi connectivity index (χ4n) is 3.08. The van der Waals surface area contributed by atoms with Crippen LogP contribution in [-0.4, -0.2) is 16.8 Å². The molecule has 0 aliphatic carbocycles. The van der Waals surface area contributed by atoms with Crippen LogP contribution in [-0.2, 0) is 17.9 Å². The lowest BCUT2D eigenvalue weighted by molar-refractivity contribution is 0.0852. The van der Waals surface area contributed by atoms with Gasteiger partial charge in [0.25, 0.3) is 0 Å². The number of benzene rings is 2. The number of oxime groups is 1. The highest BCUT2D eigenvalue weighted by atomic mass is 35.5. The molecule has 0 amide bonds. The summed E-state index contributed by atoms with van der Waals surface area (Å²) in [7, 11) is 0. The number of ether oxygens (including phenoxy) is 1. The highest BCUT2D eigenvalue weighted by Crippen LogP contribution is 2.27. The van der Waals surface area contributed by atoms with Crippen molar-refractivity contribution in [2.75, 3.05) is 0 Å². The second-order valence-electron chi connectivity index (χ2n) is 6.52. The Labute approximate surface area is 173 Å². The van der Waals surface area contributed by atoms with Crippen molar-refractivity contribution in [3.05, 3.63) is 93.7 Å². The first kappa shape index (κ1) is 18.8. The molecular formula is C22H18Cl2N2O2. The van der Waals surface area contributed by atoms with Gasteiger partial charge in [-0.1, -0.05) is 58.7 Å². The first-order valence-corrected chi connectivity index (χ1v) is 9.73. The number of halogens is 2. The summed E-state index contributed by atoms with van der Waals surface area (Å²) in [6, 6.07) is 19.1.